The van der Waals surface area contributed by atoms with Crippen LogP contribution in [0.3, 0.4) is 0 Å². The molecule has 0 saturated carbocycles. The van der Waals surface area contributed by atoms with Crippen molar-refractivity contribution in [1.29, 1.82) is 0 Å². The van der Waals surface area contributed by atoms with Gasteiger partial charge in [0.15, 0.2) is 0 Å². The molecule has 1 aliphatic rings. The Kier molecular flexibility index (Phi) is 2.46. The quantitative estimate of drug-likeness (QED) is 0.770. The Morgan fingerprint density at radius 2 is 1.71 bits per heavy atom. The van der Waals surface area contributed by atoms with Crippen molar-refractivity contribution in [3.63, 3.8) is 0 Å². The normalized spacial score (nSPS) is 16.8. The van der Waals surface area contributed by atoms with Crippen LogP contribution in [0.5, 0.6) is 0 Å². The van der Waals surface area contributed by atoms with Gasteiger partial charge in [0, 0.05) is 17.7 Å². The zero-order valence-electron chi connectivity index (χ0n) is 7.49. The second-order valence-electron chi connectivity index (χ2n) is 3.58. The van der Waals surface area contributed by atoms with Crippen molar-refractivity contribution in [1.82, 2.24) is 5.32 Å². The molecule has 1 fully saturated rings. The molecule has 14 heavy (non-hydrogen) atoms. The molecule has 1 heterocycles. The lowest BCUT2D eigenvalue weighted by Crippen LogP contribution is -2.43. The second kappa shape index (κ2) is 3.61. The summed E-state index contributed by atoms with van der Waals surface area (Å²) in [7, 11) is 0. The Morgan fingerprint density at radius 3 is 2.14 bits per heavy atom. The molecule has 0 bridgehead atoms. The van der Waals surface area contributed by atoms with E-state index in [-0.39, 0.29) is 11.5 Å². The van der Waals surface area contributed by atoms with E-state index in [9.17, 15) is 13.2 Å². The molecule has 2 rings (SSSR count). The fourth-order valence-corrected chi connectivity index (χ4v) is 1.55. The van der Waals surface area contributed by atoms with E-state index >= 15 is 0 Å². The highest BCUT2D eigenvalue weighted by atomic mass is 19.1. The van der Waals surface area contributed by atoms with Crippen LogP contribution in [0.4, 0.5) is 13.2 Å². The molecule has 0 spiro atoms. The molecule has 1 nitrogen and oxygen atoms in total. The first-order valence-electron chi connectivity index (χ1n) is 4.51. The molecule has 1 saturated heterocycles. The second-order valence-corrected chi connectivity index (χ2v) is 3.58. The molecule has 0 unspecified atom stereocenters. The summed E-state index contributed by atoms with van der Waals surface area (Å²) in [5.41, 5.74) is -0.00194. The Bertz CT molecular complexity index is 324. The van der Waals surface area contributed by atoms with E-state index < -0.39 is 17.5 Å². The van der Waals surface area contributed by atoms with Crippen molar-refractivity contribution < 1.29 is 13.2 Å². The third kappa shape index (κ3) is 1.75. The van der Waals surface area contributed by atoms with Gasteiger partial charge in [-0.05, 0) is 25.4 Å². The molecule has 1 aromatic carbocycles. The maximum atomic E-state index is 13.1. The van der Waals surface area contributed by atoms with Crippen LogP contribution >= 0.6 is 0 Å². The number of rotatable bonds is 2. The molecule has 1 aliphatic heterocycles. The summed E-state index contributed by atoms with van der Waals surface area (Å²) in [6, 6.07) is 1.45. The van der Waals surface area contributed by atoms with Gasteiger partial charge < -0.3 is 5.32 Å². The van der Waals surface area contributed by atoms with Gasteiger partial charge in [0.2, 0.25) is 0 Å². The van der Waals surface area contributed by atoms with Gasteiger partial charge in [0.05, 0.1) is 0 Å². The summed E-state index contributed by atoms with van der Waals surface area (Å²) < 4.78 is 38.8. The van der Waals surface area contributed by atoms with E-state index in [0.29, 0.717) is 6.42 Å². The number of hydrogen-bond donors (Lipinski definition) is 1. The molecule has 0 radical (unpaired) electrons. The van der Waals surface area contributed by atoms with Crippen molar-refractivity contribution in [2.75, 3.05) is 13.1 Å². The first-order valence-corrected chi connectivity index (χ1v) is 4.51. The smallest absolute Gasteiger partial charge is 0.132 e. The SMILES string of the molecule is Fc1cc(F)c(CC2CNC2)c(F)c1. The zero-order valence-corrected chi connectivity index (χ0v) is 7.49. The average molecular weight is 201 g/mol. The lowest BCUT2D eigenvalue weighted by molar-refractivity contribution is 0.337. The molecular formula is C10H10F3N. The maximum absolute atomic E-state index is 13.1. The van der Waals surface area contributed by atoms with E-state index in [1.165, 1.54) is 0 Å². The lowest BCUT2D eigenvalue weighted by Gasteiger charge is -2.27. The minimum atomic E-state index is -0.865. The topological polar surface area (TPSA) is 12.0 Å². The van der Waals surface area contributed by atoms with Gasteiger partial charge in [-0.2, -0.15) is 0 Å². The van der Waals surface area contributed by atoms with Gasteiger partial charge in [-0.15, -0.1) is 0 Å². The van der Waals surface area contributed by atoms with Crippen molar-refractivity contribution in [3.8, 4) is 0 Å². The van der Waals surface area contributed by atoms with Gasteiger partial charge in [0.25, 0.3) is 0 Å². The molecule has 0 atom stereocenters. The summed E-state index contributed by atoms with van der Waals surface area (Å²) in [6.45, 7) is 1.55. The molecule has 0 aliphatic carbocycles. The summed E-state index contributed by atoms with van der Waals surface area (Å²) in [5, 5.41) is 3.01. The molecule has 1 aromatic rings. The van der Waals surface area contributed by atoms with Crippen molar-refractivity contribution in [3.05, 3.63) is 35.1 Å². The summed E-state index contributed by atoms with van der Waals surface area (Å²) >= 11 is 0. The van der Waals surface area contributed by atoms with E-state index in [4.69, 9.17) is 0 Å². The summed E-state index contributed by atoms with van der Waals surface area (Å²) in [6.07, 6.45) is 0.338. The Hall–Kier alpha value is -1.03. The molecule has 0 aromatic heterocycles. The van der Waals surface area contributed by atoms with Gasteiger partial charge in [-0.25, -0.2) is 13.2 Å². The monoisotopic (exact) mass is 201 g/mol. The van der Waals surface area contributed by atoms with Crippen LogP contribution in [-0.2, 0) is 6.42 Å². The number of halogens is 3. The van der Waals surface area contributed by atoms with Crippen LogP contribution in [0.1, 0.15) is 5.56 Å². The van der Waals surface area contributed by atoms with Gasteiger partial charge in [-0.1, -0.05) is 0 Å². The molecular weight excluding hydrogens is 191 g/mol. The summed E-state index contributed by atoms with van der Waals surface area (Å²) in [4.78, 5) is 0. The average Bonchev–Trinajstić information content (AvgIpc) is 1.98. The third-order valence-electron chi connectivity index (χ3n) is 2.46. The van der Waals surface area contributed by atoms with Crippen LogP contribution in [0.2, 0.25) is 0 Å². The third-order valence-corrected chi connectivity index (χ3v) is 2.46. The molecule has 0 amide bonds. The van der Waals surface area contributed by atoms with Crippen LogP contribution in [-0.4, -0.2) is 13.1 Å². The highest BCUT2D eigenvalue weighted by molar-refractivity contribution is 5.21. The standard InChI is InChI=1S/C10H10F3N/c11-7-2-9(12)8(10(13)3-7)1-6-4-14-5-6/h2-3,6,14H,1,4-5H2. The van der Waals surface area contributed by atoms with Gasteiger partial charge >= 0.3 is 0 Å². The fraction of sp³-hybridized carbons (Fsp3) is 0.400. The largest absolute Gasteiger partial charge is 0.316 e. The van der Waals surface area contributed by atoms with E-state index in [1.807, 2.05) is 0 Å². The number of nitrogens with one attached hydrogen (secondary N) is 1. The molecule has 76 valence electrons. The van der Waals surface area contributed by atoms with Crippen LogP contribution in [0.25, 0.3) is 0 Å². The van der Waals surface area contributed by atoms with Crippen molar-refractivity contribution >= 4 is 0 Å². The number of hydrogen-bond acceptors (Lipinski definition) is 1. The van der Waals surface area contributed by atoms with Crippen molar-refractivity contribution in [2.24, 2.45) is 5.92 Å². The van der Waals surface area contributed by atoms with Crippen LogP contribution < -0.4 is 5.32 Å². The minimum absolute atomic E-state index is 0.00194. The van der Waals surface area contributed by atoms with E-state index in [1.54, 1.807) is 0 Å². The Morgan fingerprint density at radius 1 is 1.14 bits per heavy atom. The first-order chi connectivity index (χ1) is 6.66. The maximum Gasteiger partial charge on any atom is 0.132 e. The lowest BCUT2D eigenvalue weighted by atomic mass is 9.94. The molecule has 1 N–H and O–H groups in total. The zero-order chi connectivity index (χ0) is 10.1. The van der Waals surface area contributed by atoms with E-state index in [2.05, 4.69) is 5.32 Å². The molecule has 4 heteroatoms. The fourth-order valence-electron chi connectivity index (χ4n) is 1.55. The Labute approximate surface area is 79.9 Å². The van der Waals surface area contributed by atoms with Crippen molar-refractivity contribution in [2.45, 2.75) is 6.42 Å². The first kappa shape index (κ1) is 9.52. The van der Waals surface area contributed by atoms with E-state index in [0.717, 1.165) is 25.2 Å². The highest BCUT2D eigenvalue weighted by Crippen LogP contribution is 2.20. The predicted molar refractivity (Wildman–Crippen MR) is 46.4 cm³/mol. The van der Waals surface area contributed by atoms with Gasteiger partial charge in [0.1, 0.15) is 17.5 Å². The summed E-state index contributed by atoms with van der Waals surface area (Å²) in [5.74, 6) is -2.16. The van der Waals surface area contributed by atoms with Crippen LogP contribution in [0.15, 0.2) is 12.1 Å². The van der Waals surface area contributed by atoms with Gasteiger partial charge in [-0.3, -0.25) is 0 Å². The number of benzene rings is 1. The van der Waals surface area contributed by atoms with Crippen LogP contribution in [0, 0.1) is 23.4 Å². The Balaban J connectivity index is 2.22. The highest BCUT2D eigenvalue weighted by Gasteiger charge is 2.21. The minimum Gasteiger partial charge on any atom is -0.316 e. The predicted octanol–water partition coefficient (Wildman–Crippen LogP) is 1.87.